The number of esters is 1. The minimum atomic E-state index is -1.29. The molecule has 2 aliphatic heterocycles. The quantitative estimate of drug-likeness (QED) is 0.452. The van der Waals surface area contributed by atoms with Gasteiger partial charge in [-0.2, -0.15) is 0 Å². The van der Waals surface area contributed by atoms with Gasteiger partial charge in [0.2, 0.25) is 17.6 Å². The van der Waals surface area contributed by atoms with E-state index in [9.17, 15) is 14.4 Å². The number of nitrogens with one attached hydrogen (secondary N) is 1. The van der Waals surface area contributed by atoms with Crippen molar-refractivity contribution in [1.82, 2.24) is 10.2 Å². The van der Waals surface area contributed by atoms with Crippen molar-refractivity contribution in [3.8, 4) is 17.2 Å². The van der Waals surface area contributed by atoms with Crippen LogP contribution in [-0.4, -0.2) is 62.7 Å². The first kappa shape index (κ1) is 23.8. The maximum atomic E-state index is 13.3. The van der Waals surface area contributed by atoms with Gasteiger partial charge in [-0.1, -0.05) is 13.3 Å². The van der Waals surface area contributed by atoms with Gasteiger partial charge < -0.3 is 18.9 Å². The van der Waals surface area contributed by atoms with E-state index in [0.717, 1.165) is 0 Å². The standard InChI is InChI=1S/C23H32N2O7/c1-7-10-23(22(28)32-9-3)17-16(20(26)25(8-2)21(17)27)18(24-23)13-11-14(29-4)19(31-6)15(12-13)30-5/h11-12,16-18,24H,7-10H2,1-6H3/t16-,17-,18-,23-/m0/s1. The number of methoxy groups -OCH3 is 3. The molecule has 2 saturated heterocycles. The molecule has 2 aliphatic rings. The summed E-state index contributed by atoms with van der Waals surface area (Å²) in [7, 11) is 4.53. The van der Waals surface area contributed by atoms with Gasteiger partial charge in [0.25, 0.3) is 0 Å². The van der Waals surface area contributed by atoms with Gasteiger partial charge in [-0.05, 0) is 38.0 Å². The SMILES string of the molecule is CCC[C@]1(C(=O)OCC)N[C@@H](c2cc(OC)c(OC)c(OC)c2)[C@H]2C(=O)N(CC)C(=O)[C@H]21. The third-order valence-electron chi connectivity index (χ3n) is 6.39. The van der Waals surface area contributed by atoms with Crippen LogP contribution in [0.3, 0.4) is 0 Å². The molecule has 0 saturated carbocycles. The van der Waals surface area contributed by atoms with E-state index in [1.807, 2.05) is 6.92 Å². The molecule has 9 nitrogen and oxygen atoms in total. The van der Waals surface area contributed by atoms with Crippen LogP contribution >= 0.6 is 0 Å². The van der Waals surface area contributed by atoms with E-state index in [0.29, 0.717) is 35.7 Å². The largest absolute Gasteiger partial charge is 0.493 e. The molecule has 2 amide bonds. The lowest BCUT2D eigenvalue weighted by Crippen LogP contribution is -2.56. The monoisotopic (exact) mass is 448 g/mol. The summed E-state index contributed by atoms with van der Waals surface area (Å²) in [5, 5.41) is 3.36. The van der Waals surface area contributed by atoms with Gasteiger partial charge in [-0.15, -0.1) is 0 Å². The number of amides is 2. The molecule has 4 atom stereocenters. The van der Waals surface area contributed by atoms with Crippen LogP contribution in [0.4, 0.5) is 0 Å². The second-order valence-electron chi connectivity index (χ2n) is 7.95. The first-order valence-corrected chi connectivity index (χ1v) is 10.9. The Morgan fingerprint density at radius 1 is 1.03 bits per heavy atom. The average Bonchev–Trinajstić information content (AvgIpc) is 3.27. The maximum absolute atomic E-state index is 13.3. The molecule has 1 aromatic rings. The van der Waals surface area contributed by atoms with Gasteiger partial charge in [0.15, 0.2) is 11.5 Å². The number of carbonyl (C=O) groups excluding carboxylic acids is 3. The first-order chi connectivity index (χ1) is 15.3. The van der Waals surface area contributed by atoms with Crippen LogP contribution in [0.2, 0.25) is 0 Å². The van der Waals surface area contributed by atoms with Gasteiger partial charge in [0.05, 0.1) is 39.8 Å². The number of ether oxygens (including phenoxy) is 4. The predicted octanol–water partition coefficient (Wildman–Crippen LogP) is 2.08. The number of benzene rings is 1. The summed E-state index contributed by atoms with van der Waals surface area (Å²) in [5.41, 5.74) is -0.632. The Kier molecular flexibility index (Phi) is 6.97. The van der Waals surface area contributed by atoms with E-state index in [1.165, 1.54) is 26.2 Å². The molecule has 176 valence electrons. The Morgan fingerprint density at radius 3 is 2.12 bits per heavy atom. The fraction of sp³-hybridized carbons (Fsp3) is 0.609. The van der Waals surface area contributed by atoms with Crippen LogP contribution in [0.15, 0.2) is 12.1 Å². The number of likely N-dealkylation sites (tertiary alicyclic amines) is 1. The molecule has 1 aromatic carbocycles. The van der Waals surface area contributed by atoms with Crippen molar-refractivity contribution in [3.63, 3.8) is 0 Å². The number of fused-ring (bicyclic) bond motifs is 1. The molecule has 0 bridgehead atoms. The number of nitrogens with zero attached hydrogens (tertiary/aromatic N) is 1. The Labute approximate surface area is 188 Å². The van der Waals surface area contributed by atoms with E-state index in [2.05, 4.69) is 5.32 Å². The lowest BCUT2D eigenvalue weighted by Gasteiger charge is -2.32. The third kappa shape index (κ3) is 3.48. The average molecular weight is 449 g/mol. The highest BCUT2D eigenvalue weighted by Gasteiger charge is 2.68. The first-order valence-electron chi connectivity index (χ1n) is 10.9. The van der Waals surface area contributed by atoms with Crippen molar-refractivity contribution in [2.75, 3.05) is 34.5 Å². The number of imide groups is 1. The molecular weight excluding hydrogens is 416 g/mol. The fourth-order valence-electron chi connectivity index (χ4n) is 5.12. The van der Waals surface area contributed by atoms with E-state index in [4.69, 9.17) is 18.9 Å². The van der Waals surface area contributed by atoms with Crippen LogP contribution in [0.1, 0.15) is 45.2 Å². The molecular formula is C23H32N2O7. The summed E-state index contributed by atoms with van der Waals surface area (Å²) in [5.74, 6) is -1.47. The maximum Gasteiger partial charge on any atom is 0.327 e. The zero-order valence-electron chi connectivity index (χ0n) is 19.5. The van der Waals surface area contributed by atoms with Gasteiger partial charge >= 0.3 is 5.97 Å². The molecule has 0 aliphatic carbocycles. The van der Waals surface area contributed by atoms with E-state index >= 15 is 0 Å². The minimum Gasteiger partial charge on any atom is -0.493 e. The zero-order chi connectivity index (χ0) is 23.6. The van der Waals surface area contributed by atoms with Crippen molar-refractivity contribution >= 4 is 17.8 Å². The lowest BCUT2D eigenvalue weighted by molar-refractivity contribution is -0.156. The molecule has 9 heteroatoms. The van der Waals surface area contributed by atoms with E-state index < -0.39 is 29.4 Å². The summed E-state index contributed by atoms with van der Waals surface area (Å²) >= 11 is 0. The normalized spacial score (nSPS) is 26.8. The Bertz CT molecular complexity index is 877. The van der Waals surface area contributed by atoms with Crippen molar-refractivity contribution < 1.29 is 33.3 Å². The smallest absolute Gasteiger partial charge is 0.327 e. The van der Waals surface area contributed by atoms with Gasteiger partial charge in [0.1, 0.15) is 5.54 Å². The molecule has 2 heterocycles. The highest BCUT2D eigenvalue weighted by atomic mass is 16.5. The topological polar surface area (TPSA) is 103 Å². The number of carbonyl (C=O) groups is 3. The Morgan fingerprint density at radius 2 is 1.66 bits per heavy atom. The van der Waals surface area contributed by atoms with Crippen molar-refractivity contribution in [2.45, 2.75) is 45.2 Å². The number of hydrogen-bond donors (Lipinski definition) is 1. The van der Waals surface area contributed by atoms with Gasteiger partial charge in [-0.25, -0.2) is 0 Å². The fourth-order valence-corrected chi connectivity index (χ4v) is 5.12. The molecule has 1 N–H and O–H groups in total. The van der Waals surface area contributed by atoms with Crippen molar-refractivity contribution in [3.05, 3.63) is 17.7 Å². The number of hydrogen-bond acceptors (Lipinski definition) is 8. The van der Waals surface area contributed by atoms with Crippen LogP contribution in [0.25, 0.3) is 0 Å². The van der Waals surface area contributed by atoms with Crippen LogP contribution in [0.5, 0.6) is 17.2 Å². The second-order valence-corrected chi connectivity index (χ2v) is 7.95. The van der Waals surface area contributed by atoms with E-state index in [1.54, 1.807) is 26.0 Å². The summed E-state index contributed by atoms with van der Waals surface area (Å²) < 4.78 is 21.8. The van der Waals surface area contributed by atoms with Gasteiger partial charge in [0, 0.05) is 12.6 Å². The van der Waals surface area contributed by atoms with Crippen LogP contribution in [0, 0.1) is 11.8 Å². The molecule has 32 heavy (non-hydrogen) atoms. The second kappa shape index (κ2) is 9.36. The van der Waals surface area contributed by atoms with Crippen LogP contribution in [-0.2, 0) is 19.1 Å². The van der Waals surface area contributed by atoms with Crippen LogP contribution < -0.4 is 19.5 Å². The predicted molar refractivity (Wildman–Crippen MR) is 116 cm³/mol. The highest BCUT2D eigenvalue weighted by Crippen LogP contribution is 2.52. The Balaban J connectivity index is 2.20. The van der Waals surface area contributed by atoms with E-state index in [-0.39, 0.29) is 25.0 Å². The highest BCUT2D eigenvalue weighted by molar-refractivity contribution is 6.09. The summed E-state index contributed by atoms with van der Waals surface area (Å²) in [4.78, 5) is 41.2. The number of rotatable bonds is 9. The zero-order valence-corrected chi connectivity index (χ0v) is 19.5. The molecule has 2 fully saturated rings. The minimum absolute atomic E-state index is 0.178. The van der Waals surface area contributed by atoms with Gasteiger partial charge in [-0.3, -0.25) is 24.6 Å². The third-order valence-corrected chi connectivity index (χ3v) is 6.39. The molecule has 3 rings (SSSR count). The summed E-state index contributed by atoms with van der Waals surface area (Å²) in [6.07, 6.45) is 0.995. The molecule has 0 radical (unpaired) electrons. The van der Waals surface area contributed by atoms with Crippen molar-refractivity contribution in [2.24, 2.45) is 11.8 Å². The Hall–Kier alpha value is -2.81. The molecule has 0 spiro atoms. The summed E-state index contributed by atoms with van der Waals surface area (Å²) in [6, 6.07) is 2.88. The lowest BCUT2D eigenvalue weighted by atomic mass is 9.77. The molecule has 0 unspecified atom stereocenters. The summed E-state index contributed by atoms with van der Waals surface area (Å²) in [6.45, 7) is 5.84. The molecule has 0 aromatic heterocycles. The van der Waals surface area contributed by atoms with Crippen molar-refractivity contribution in [1.29, 1.82) is 0 Å².